The van der Waals surface area contributed by atoms with Gasteiger partial charge in [0.25, 0.3) is 0 Å². The molecule has 0 saturated heterocycles. The van der Waals surface area contributed by atoms with E-state index in [2.05, 4.69) is 39.6 Å². The van der Waals surface area contributed by atoms with E-state index in [0.717, 1.165) is 19.3 Å². The van der Waals surface area contributed by atoms with Crippen LogP contribution in [0.5, 0.6) is 0 Å². The third-order valence-electron chi connectivity index (χ3n) is 4.05. The lowest BCUT2D eigenvalue weighted by Gasteiger charge is -2.27. The molecule has 4 heteroatoms. The molecule has 4 nitrogen and oxygen atoms in total. The third kappa shape index (κ3) is 2.89. The summed E-state index contributed by atoms with van der Waals surface area (Å²) in [6.07, 6.45) is 6.85. The lowest BCUT2D eigenvalue weighted by molar-refractivity contribution is 0.527. The van der Waals surface area contributed by atoms with Crippen molar-refractivity contribution in [3.05, 3.63) is 53.9 Å². The first kappa shape index (κ1) is 13.6. The molecule has 2 aromatic rings. The van der Waals surface area contributed by atoms with Crippen LogP contribution in [0.25, 0.3) is 11.1 Å². The van der Waals surface area contributed by atoms with Crippen molar-refractivity contribution in [3.63, 3.8) is 0 Å². The smallest absolute Gasteiger partial charge is 0.188 e. The SMILES string of the molecule is CN=C(N)NC1CCc2c(cccc2-c2cccnc2)C1. The molecule has 1 unspecified atom stereocenters. The number of nitrogens with zero attached hydrogens (tertiary/aromatic N) is 2. The summed E-state index contributed by atoms with van der Waals surface area (Å²) < 4.78 is 0. The van der Waals surface area contributed by atoms with E-state index in [1.54, 1.807) is 7.05 Å². The Labute approximate surface area is 125 Å². The number of rotatable bonds is 2. The standard InChI is InChI=1S/C17H20N4/c1-19-17(18)21-14-7-8-16-12(10-14)4-2-6-15(16)13-5-3-9-20-11-13/h2-6,9,11,14H,7-8,10H2,1H3,(H3,18,19,21). The van der Waals surface area contributed by atoms with E-state index < -0.39 is 0 Å². The highest BCUT2D eigenvalue weighted by Crippen LogP contribution is 2.31. The number of nitrogens with two attached hydrogens (primary N) is 1. The van der Waals surface area contributed by atoms with Crippen molar-refractivity contribution >= 4 is 5.96 Å². The highest BCUT2D eigenvalue weighted by Gasteiger charge is 2.21. The Morgan fingerprint density at radius 3 is 3.00 bits per heavy atom. The second kappa shape index (κ2) is 5.95. The Balaban J connectivity index is 1.88. The lowest BCUT2D eigenvalue weighted by Crippen LogP contribution is -2.42. The summed E-state index contributed by atoms with van der Waals surface area (Å²) in [6.45, 7) is 0. The van der Waals surface area contributed by atoms with Crippen LogP contribution < -0.4 is 11.1 Å². The Hall–Kier alpha value is -2.36. The topological polar surface area (TPSA) is 63.3 Å². The molecular formula is C17H20N4. The number of benzene rings is 1. The molecule has 0 fully saturated rings. The fraction of sp³-hybridized carbons (Fsp3) is 0.294. The molecule has 0 radical (unpaired) electrons. The van der Waals surface area contributed by atoms with Crippen LogP contribution in [0, 0.1) is 0 Å². The average molecular weight is 280 g/mol. The first-order valence-corrected chi connectivity index (χ1v) is 7.28. The molecule has 0 aliphatic heterocycles. The minimum absolute atomic E-state index is 0.366. The summed E-state index contributed by atoms with van der Waals surface area (Å²) in [6, 6.07) is 11.0. The molecule has 21 heavy (non-hydrogen) atoms. The van der Waals surface area contributed by atoms with Gasteiger partial charge in [-0.05, 0) is 42.0 Å². The van der Waals surface area contributed by atoms with E-state index in [-0.39, 0.29) is 0 Å². The van der Waals surface area contributed by atoms with E-state index in [1.165, 1.54) is 22.3 Å². The van der Waals surface area contributed by atoms with Crippen molar-refractivity contribution in [1.82, 2.24) is 10.3 Å². The van der Waals surface area contributed by atoms with E-state index >= 15 is 0 Å². The third-order valence-corrected chi connectivity index (χ3v) is 4.05. The van der Waals surface area contributed by atoms with Crippen LogP contribution in [0.4, 0.5) is 0 Å². The van der Waals surface area contributed by atoms with Crippen molar-refractivity contribution in [1.29, 1.82) is 0 Å². The summed E-state index contributed by atoms with van der Waals surface area (Å²) in [4.78, 5) is 8.21. The minimum Gasteiger partial charge on any atom is -0.370 e. The zero-order valence-electron chi connectivity index (χ0n) is 12.2. The number of pyridine rings is 1. The average Bonchev–Trinajstić information content (AvgIpc) is 2.54. The second-order valence-electron chi connectivity index (χ2n) is 5.38. The fourth-order valence-electron chi connectivity index (χ4n) is 3.00. The largest absolute Gasteiger partial charge is 0.370 e. The van der Waals surface area contributed by atoms with Gasteiger partial charge in [0.1, 0.15) is 0 Å². The van der Waals surface area contributed by atoms with Crippen LogP contribution in [0.1, 0.15) is 17.5 Å². The number of guanidine groups is 1. The number of hydrogen-bond acceptors (Lipinski definition) is 2. The number of aromatic nitrogens is 1. The van der Waals surface area contributed by atoms with Crippen LogP contribution in [-0.2, 0) is 12.8 Å². The fourth-order valence-corrected chi connectivity index (χ4v) is 3.00. The lowest BCUT2D eigenvalue weighted by atomic mass is 9.84. The summed E-state index contributed by atoms with van der Waals surface area (Å²) in [5, 5.41) is 3.28. The summed E-state index contributed by atoms with van der Waals surface area (Å²) in [5.74, 6) is 0.520. The molecule has 0 saturated carbocycles. The molecule has 1 atom stereocenters. The van der Waals surface area contributed by atoms with Crippen LogP contribution >= 0.6 is 0 Å². The Bertz CT molecular complexity index is 649. The molecule has 1 aromatic carbocycles. The van der Waals surface area contributed by atoms with Gasteiger partial charge in [-0.15, -0.1) is 0 Å². The molecule has 0 bridgehead atoms. The van der Waals surface area contributed by atoms with Crippen LogP contribution in [0.3, 0.4) is 0 Å². The Morgan fingerprint density at radius 2 is 2.24 bits per heavy atom. The molecule has 0 spiro atoms. The second-order valence-corrected chi connectivity index (χ2v) is 5.38. The molecular weight excluding hydrogens is 260 g/mol. The zero-order chi connectivity index (χ0) is 14.7. The van der Waals surface area contributed by atoms with E-state index in [4.69, 9.17) is 5.73 Å². The van der Waals surface area contributed by atoms with Crippen molar-refractivity contribution in [2.45, 2.75) is 25.3 Å². The molecule has 3 rings (SSSR count). The maximum atomic E-state index is 5.78. The molecule has 1 aliphatic rings. The monoisotopic (exact) mass is 280 g/mol. The molecule has 3 N–H and O–H groups in total. The van der Waals surface area contributed by atoms with E-state index in [1.807, 2.05) is 18.5 Å². The zero-order valence-corrected chi connectivity index (χ0v) is 12.2. The number of hydrogen-bond donors (Lipinski definition) is 2. The van der Waals surface area contributed by atoms with Gasteiger partial charge < -0.3 is 11.1 Å². The molecule has 1 aromatic heterocycles. The Morgan fingerprint density at radius 1 is 1.33 bits per heavy atom. The van der Waals surface area contributed by atoms with Crippen LogP contribution in [0.15, 0.2) is 47.7 Å². The maximum Gasteiger partial charge on any atom is 0.188 e. The van der Waals surface area contributed by atoms with Gasteiger partial charge in [-0.3, -0.25) is 9.98 Å². The van der Waals surface area contributed by atoms with E-state index in [9.17, 15) is 0 Å². The normalized spacial score (nSPS) is 18.1. The van der Waals surface area contributed by atoms with Crippen molar-refractivity contribution in [3.8, 4) is 11.1 Å². The maximum absolute atomic E-state index is 5.78. The van der Waals surface area contributed by atoms with Crippen molar-refractivity contribution < 1.29 is 0 Å². The highest BCUT2D eigenvalue weighted by atomic mass is 15.1. The Kier molecular flexibility index (Phi) is 3.86. The van der Waals surface area contributed by atoms with Gasteiger partial charge >= 0.3 is 0 Å². The van der Waals surface area contributed by atoms with Crippen LogP contribution in [-0.4, -0.2) is 24.0 Å². The minimum atomic E-state index is 0.366. The van der Waals surface area contributed by atoms with Gasteiger partial charge in [-0.2, -0.15) is 0 Å². The van der Waals surface area contributed by atoms with Gasteiger partial charge in [0, 0.05) is 31.0 Å². The van der Waals surface area contributed by atoms with Crippen molar-refractivity contribution in [2.24, 2.45) is 10.7 Å². The van der Waals surface area contributed by atoms with Gasteiger partial charge in [0.05, 0.1) is 0 Å². The van der Waals surface area contributed by atoms with Gasteiger partial charge in [-0.25, -0.2) is 0 Å². The highest BCUT2D eigenvalue weighted by molar-refractivity contribution is 5.78. The predicted octanol–water partition coefficient (Wildman–Crippen LogP) is 2.14. The molecule has 1 aliphatic carbocycles. The molecule has 0 amide bonds. The van der Waals surface area contributed by atoms with Gasteiger partial charge in [0.2, 0.25) is 0 Å². The first-order chi connectivity index (χ1) is 10.3. The quantitative estimate of drug-likeness (QED) is 0.654. The predicted molar refractivity (Wildman–Crippen MR) is 86.2 cm³/mol. The number of aliphatic imine (C=N–C) groups is 1. The summed E-state index contributed by atoms with van der Waals surface area (Å²) in [5.41, 5.74) is 11.1. The number of fused-ring (bicyclic) bond motifs is 1. The summed E-state index contributed by atoms with van der Waals surface area (Å²) in [7, 11) is 1.71. The summed E-state index contributed by atoms with van der Waals surface area (Å²) >= 11 is 0. The number of nitrogens with one attached hydrogen (secondary N) is 1. The van der Waals surface area contributed by atoms with Gasteiger partial charge in [0.15, 0.2) is 5.96 Å². The molecule has 108 valence electrons. The van der Waals surface area contributed by atoms with Crippen LogP contribution in [0.2, 0.25) is 0 Å². The van der Waals surface area contributed by atoms with E-state index in [0.29, 0.717) is 12.0 Å². The molecule has 1 heterocycles. The first-order valence-electron chi connectivity index (χ1n) is 7.28. The van der Waals surface area contributed by atoms with Crippen molar-refractivity contribution in [2.75, 3.05) is 7.05 Å². The van der Waals surface area contributed by atoms with Gasteiger partial charge in [-0.1, -0.05) is 24.3 Å².